The molecule has 1 saturated heterocycles. The molecule has 1 aliphatic heterocycles. The number of aromatic nitrogens is 3. The Morgan fingerprint density at radius 3 is 2.66 bits per heavy atom. The van der Waals surface area contributed by atoms with Gasteiger partial charge in [-0.2, -0.15) is 5.10 Å². The SMILES string of the molecule is O=C(NC[C@H]1CN(Cc2ccccc2)CCO1)c1cnn2c(-c3ccccc3)ccnc12. The highest BCUT2D eigenvalue weighted by molar-refractivity contribution is 5.99. The van der Waals surface area contributed by atoms with Crippen LogP contribution in [0, 0.1) is 0 Å². The zero-order valence-electron chi connectivity index (χ0n) is 17.7. The van der Waals surface area contributed by atoms with E-state index >= 15 is 0 Å². The van der Waals surface area contributed by atoms with E-state index in [1.165, 1.54) is 5.56 Å². The topological polar surface area (TPSA) is 71.8 Å². The maximum absolute atomic E-state index is 12.9. The summed E-state index contributed by atoms with van der Waals surface area (Å²) >= 11 is 0. The van der Waals surface area contributed by atoms with Gasteiger partial charge in [0.2, 0.25) is 0 Å². The summed E-state index contributed by atoms with van der Waals surface area (Å²) in [6, 6.07) is 22.2. The molecule has 0 aliphatic carbocycles. The van der Waals surface area contributed by atoms with E-state index in [4.69, 9.17) is 4.74 Å². The molecule has 32 heavy (non-hydrogen) atoms. The summed E-state index contributed by atoms with van der Waals surface area (Å²) in [6.07, 6.45) is 3.24. The van der Waals surface area contributed by atoms with Crippen molar-refractivity contribution in [3.63, 3.8) is 0 Å². The van der Waals surface area contributed by atoms with E-state index in [2.05, 4.69) is 44.6 Å². The van der Waals surface area contributed by atoms with Crippen molar-refractivity contribution in [2.75, 3.05) is 26.2 Å². The first-order chi connectivity index (χ1) is 15.8. The Hall–Kier alpha value is -3.55. The van der Waals surface area contributed by atoms with Gasteiger partial charge in [-0.25, -0.2) is 9.50 Å². The maximum Gasteiger partial charge on any atom is 0.256 e. The molecular formula is C25H25N5O2. The van der Waals surface area contributed by atoms with Gasteiger partial charge < -0.3 is 10.1 Å². The number of rotatable bonds is 6. The highest BCUT2D eigenvalue weighted by Crippen LogP contribution is 2.20. The Kier molecular flexibility index (Phi) is 5.91. The van der Waals surface area contributed by atoms with Crippen LogP contribution in [0.1, 0.15) is 15.9 Å². The summed E-state index contributed by atoms with van der Waals surface area (Å²) in [5.74, 6) is -0.193. The second-order valence-corrected chi connectivity index (χ2v) is 7.91. The summed E-state index contributed by atoms with van der Waals surface area (Å²) in [6.45, 7) is 3.65. The van der Waals surface area contributed by atoms with Crippen LogP contribution in [0.3, 0.4) is 0 Å². The van der Waals surface area contributed by atoms with E-state index in [1.807, 2.05) is 42.5 Å². The number of amides is 1. The molecule has 1 N–H and O–H groups in total. The third-order valence-electron chi connectivity index (χ3n) is 5.68. The van der Waals surface area contributed by atoms with Crippen molar-refractivity contribution in [1.82, 2.24) is 24.8 Å². The summed E-state index contributed by atoms with van der Waals surface area (Å²) in [5.41, 5.74) is 4.19. The van der Waals surface area contributed by atoms with Crippen LogP contribution in [-0.2, 0) is 11.3 Å². The number of fused-ring (bicyclic) bond motifs is 1. The van der Waals surface area contributed by atoms with Crippen molar-refractivity contribution >= 4 is 11.6 Å². The normalized spacial score (nSPS) is 16.8. The number of nitrogens with one attached hydrogen (secondary N) is 1. The molecule has 162 valence electrons. The molecule has 0 bridgehead atoms. The van der Waals surface area contributed by atoms with Gasteiger partial charge in [0.15, 0.2) is 5.65 Å². The lowest BCUT2D eigenvalue weighted by Gasteiger charge is -2.33. The molecule has 1 fully saturated rings. The predicted octanol–water partition coefficient (Wildman–Crippen LogP) is 3.03. The van der Waals surface area contributed by atoms with Gasteiger partial charge in [-0.05, 0) is 11.6 Å². The van der Waals surface area contributed by atoms with Crippen LogP contribution in [0.15, 0.2) is 79.1 Å². The lowest BCUT2D eigenvalue weighted by Crippen LogP contribution is -2.47. The molecule has 2 aromatic carbocycles. The Bertz CT molecular complexity index is 1190. The van der Waals surface area contributed by atoms with Gasteiger partial charge in [0.25, 0.3) is 5.91 Å². The summed E-state index contributed by atoms with van der Waals surface area (Å²) < 4.78 is 7.60. The fourth-order valence-electron chi connectivity index (χ4n) is 4.07. The second-order valence-electron chi connectivity index (χ2n) is 7.91. The van der Waals surface area contributed by atoms with Crippen LogP contribution in [0.25, 0.3) is 16.9 Å². The second kappa shape index (κ2) is 9.30. The summed E-state index contributed by atoms with van der Waals surface area (Å²) in [4.78, 5) is 19.7. The standard InChI is InChI=1S/C25H25N5O2/c31-25(27-15-21-18-29(13-14-32-21)17-19-7-3-1-4-8-19)22-16-28-30-23(11-12-26-24(22)30)20-9-5-2-6-10-20/h1-12,16,21H,13-15,17-18H2,(H,27,31)/t21-/m0/s1. The lowest BCUT2D eigenvalue weighted by atomic mass is 10.1. The Balaban J connectivity index is 1.24. The van der Waals surface area contributed by atoms with Crippen LogP contribution in [0.2, 0.25) is 0 Å². The predicted molar refractivity (Wildman–Crippen MR) is 122 cm³/mol. The van der Waals surface area contributed by atoms with Crippen molar-refractivity contribution < 1.29 is 9.53 Å². The Labute approximate surface area is 186 Å². The minimum atomic E-state index is -0.193. The fourth-order valence-corrected chi connectivity index (χ4v) is 4.07. The molecule has 7 nitrogen and oxygen atoms in total. The molecule has 1 amide bonds. The van der Waals surface area contributed by atoms with Crippen molar-refractivity contribution in [3.8, 4) is 11.3 Å². The minimum Gasteiger partial charge on any atom is -0.374 e. The highest BCUT2D eigenvalue weighted by atomic mass is 16.5. The lowest BCUT2D eigenvalue weighted by molar-refractivity contribution is -0.0292. The van der Waals surface area contributed by atoms with Crippen molar-refractivity contribution in [2.24, 2.45) is 0 Å². The van der Waals surface area contributed by atoms with Crippen LogP contribution >= 0.6 is 0 Å². The Morgan fingerprint density at radius 1 is 1.06 bits per heavy atom. The molecular weight excluding hydrogens is 402 g/mol. The van der Waals surface area contributed by atoms with E-state index in [-0.39, 0.29) is 12.0 Å². The monoisotopic (exact) mass is 427 g/mol. The van der Waals surface area contributed by atoms with Crippen molar-refractivity contribution in [2.45, 2.75) is 12.6 Å². The van der Waals surface area contributed by atoms with Crippen molar-refractivity contribution in [3.05, 3.63) is 90.3 Å². The summed E-state index contributed by atoms with van der Waals surface area (Å²) in [7, 11) is 0. The van der Waals surface area contributed by atoms with E-state index in [0.29, 0.717) is 24.4 Å². The van der Waals surface area contributed by atoms with E-state index in [9.17, 15) is 4.79 Å². The number of ether oxygens (including phenoxy) is 1. The smallest absolute Gasteiger partial charge is 0.256 e. The van der Waals surface area contributed by atoms with Crippen LogP contribution in [-0.4, -0.2) is 57.8 Å². The molecule has 0 unspecified atom stereocenters. The number of hydrogen-bond donors (Lipinski definition) is 1. The molecule has 4 aromatic rings. The minimum absolute atomic E-state index is 0.0499. The van der Waals surface area contributed by atoms with Gasteiger partial charge >= 0.3 is 0 Å². The van der Waals surface area contributed by atoms with Crippen LogP contribution in [0.4, 0.5) is 0 Å². The van der Waals surface area contributed by atoms with Gasteiger partial charge in [-0.15, -0.1) is 0 Å². The van der Waals surface area contributed by atoms with Crippen LogP contribution < -0.4 is 5.32 Å². The van der Waals surface area contributed by atoms with Crippen molar-refractivity contribution in [1.29, 1.82) is 0 Å². The number of nitrogens with zero attached hydrogens (tertiary/aromatic N) is 4. The molecule has 1 atom stereocenters. The highest BCUT2D eigenvalue weighted by Gasteiger charge is 2.22. The quantitative estimate of drug-likeness (QED) is 0.512. The number of carbonyl (C=O) groups is 1. The number of carbonyl (C=O) groups excluding carboxylic acids is 1. The average Bonchev–Trinajstić information content (AvgIpc) is 3.28. The third kappa shape index (κ3) is 4.39. The fraction of sp³-hybridized carbons (Fsp3) is 0.240. The first-order valence-electron chi connectivity index (χ1n) is 10.8. The third-order valence-corrected chi connectivity index (χ3v) is 5.68. The van der Waals surface area contributed by atoms with Gasteiger partial charge in [-0.1, -0.05) is 60.7 Å². The van der Waals surface area contributed by atoms with Gasteiger partial charge in [0.05, 0.1) is 24.6 Å². The van der Waals surface area contributed by atoms with Gasteiger partial charge in [0, 0.05) is 37.9 Å². The number of benzene rings is 2. The largest absolute Gasteiger partial charge is 0.374 e. The Morgan fingerprint density at radius 2 is 1.84 bits per heavy atom. The molecule has 0 spiro atoms. The zero-order valence-corrected chi connectivity index (χ0v) is 17.7. The van der Waals surface area contributed by atoms with Gasteiger partial charge in [-0.3, -0.25) is 9.69 Å². The maximum atomic E-state index is 12.9. The van der Waals surface area contributed by atoms with E-state index in [1.54, 1.807) is 16.9 Å². The van der Waals surface area contributed by atoms with Gasteiger partial charge in [0.1, 0.15) is 5.56 Å². The van der Waals surface area contributed by atoms with Crippen LogP contribution in [0.5, 0.6) is 0 Å². The number of hydrogen-bond acceptors (Lipinski definition) is 5. The molecule has 0 saturated carbocycles. The zero-order chi connectivity index (χ0) is 21.8. The first-order valence-corrected chi connectivity index (χ1v) is 10.8. The molecule has 1 aliphatic rings. The van der Waals surface area contributed by atoms with E-state index in [0.717, 1.165) is 30.9 Å². The summed E-state index contributed by atoms with van der Waals surface area (Å²) in [5, 5.41) is 7.43. The van der Waals surface area contributed by atoms with E-state index < -0.39 is 0 Å². The number of morpholine rings is 1. The molecule has 0 radical (unpaired) electrons. The average molecular weight is 428 g/mol. The first kappa shape index (κ1) is 20.4. The molecule has 7 heteroatoms. The molecule has 2 aromatic heterocycles. The molecule has 5 rings (SSSR count). The molecule has 3 heterocycles.